The normalized spacial score (nSPS) is 31.9. The van der Waals surface area contributed by atoms with Gasteiger partial charge in [0.1, 0.15) is 0 Å². The first-order valence-corrected chi connectivity index (χ1v) is 11.4. The van der Waals surface area contributed by atoms with Crippen molar-refractivity contribution in [1.82, 2.24) is 4.90 Å². The first kappa shape index (κ1) is 22.9. The van der Waals surface area contributed by atoms with E-state index in [9.17, 15) is 18.3 Å². The lowest BCUT2D eigenvalue weighted by molar-refractivity contribution is -0.137. The maximum Gasteiger partial charge on any atom is 0.416 e. The van der Waals surface area contributed by atoms with Crippen molar-refractivity contribution in [3.05, 3.63) is 29.8 Å². The third-order valence-corrected chi connectivity index (χ3v) is 8.58. The minimum absolute atomic E-state index is 0.188. The first-order chi connectivity index (χ1) is 14.5. The van der Waals surface area contributed by atoms with E-state index in [4.69, 9.17) is 4.74 Å². The van der Waals surface area contributed by atoms with E-state index in [1.165, 1.54) is 25.0 Å². The second kappa shape index (κ2) is 8.23. The summed E-state index contributed by atoms with van der Waals surface area (Å²) in [6, 6.07) is 5.51. The van der Waals surface area contributed by atoms with Crippen molar-refractivity contribution in [1.29, 1.82) is 0 Å². The summed E-state index contributed by atoms with van der Waals surface area (Å²) >= 11 is 0. The number of benzene rings is 1. The highest BCUT2D eigenvalue weighted by Crippen LogP contribution is 2.66. The molecule has 0 radical (unpaired) electrons. The van der Waals surface area contributed by atoms with Crippen LogP contribution in [0.4, 0.5) is 18.9 Å². The molecule has 1 aliphatic heterocycles. The maximum atomic E-state index is 13.0. The minimum Gasteiger partial charge on any atom is -0.389 e. The number of ether oxygens (including phenoxy) is 1. The van der Waals surface area contributed by atoms with Crippen molar-refractivity contribution in [2.24, 2.45) is 16.7 Å². The van der Waals surface area contributed by atoms with Crippen molar-refractivity contribution in [2.45, 2.75) is 58.4 Å². The number of rotatable bonds is 6. The fourth-order valence-corrected chi connectivity index (χ4v) is 6.03. The van der Waals surface area contributed by atoms with Gasteiger partial charge in [-0.25, -0.2) is 0 Å². The fraction of sp³-hybridized carbons (Fsp3) is 0.750. The zero-order chi connectivity index (χ0) is 22.4. The van der Waals surface area contributed by atoms with Gasteiger partial charge in [-0.05, 0) is 54.2 Å². The summed E-state index contributed by atoms with van der Waals surface area (Å²) in [6.07, 6.45) is -1.09. The summed E-state index contributed by atoms with van der Waals surface area (Å²) in [5.74, 6) is 0.712. The summed E-state index contributed by atoms with van der Waals surface area (Å²) in [7, 11) is 0. The van der Waals surface area contributed by atoms with Gasteiger partial charge in [0.05, 0.1) is 24.4 Å². The van der Waals surface area contributed by atoms with Crippen LogP contribution in [0.5, 0.6) is 0 Å². The van der Waals surface area contributed by atoms with Gasteiger partial charge in [-0.1, -0.05) is 26.8 Å². The highest BCUT2D eigenvalue weighted by molar-refractivity contribution is 5.49. The van der Waals surface area contributed by atoms with Gasteiger partial charge >= 0.3 is 6.18 Å². The van der Waals surface area contributed by atoms with Gasteiger partial charge in [0.15, 0.2) is 0 Å². The zero-order valence-electron chi connectivity index (χ0n) is 18.8. The molecule has 2 aliphatic carbocycles. The van der Waals surface area contributed by atoms with E-state index in [1.807, 2.05) is 4.90 Å². The Balaban J connectivity index is 1.23. The molecule has 1 aromatic carbocycles. The molecule has 4 atom stereocenters. The van der Waals surface area contributed by atoms with Gasteiger partial charge in [0.2, 0.25) is 0 Å². The number of alkyl halides is 3. The third kappa shape index (κ3) is 4.33. The molecule has 2 saturated carbocycles. The van der Waals surface area contributed by atoms with Crippen LogP contribution in [0.2, 0.25) is 0 Å². The molecule has 4 nitrogen and oxygen atoms in total. The molecular formula is C24H35F3N2O2. The van der Waals surface area contributed by atoms with Crippen LogP contribution in [0.15, 0.2) is 24.3 Å². The smallest absolute Gasteiger partial charge is 0.389 e. The zero-order valence-corrected chi connectivity index (χ0v) is 18.8. The van der Waals surface area contributed by atoms with Gasteiger partial charge in [0.25, 0.3) is 0 Å². The lowest BCUT2D eigenvalue weighted by atomic mass is 9.70. The van der Waals surface area contributed by atoms with Gasteiger partial charge < -0.3 is 14.7 Å². The topological polar surface area (TPSA) is 35.9 Å². The summed E-state index contributed by atoms with van der Waals surface area (Å²) in [5, 5.41) is 10.5. The van der Waals surface area contributed by atoms with Crippen molar-refractivity contribution in [2.75, 3.05) is 44.2 Å². The minimum atomic E-state index is -4.33. The predicted molar refractivity (Wildman–Crippen MR) is 115 cm³/mol. The molecule has 1 heterocycles. The summed E-state index contributed by atoms with van der Waals surface area (Å²) < 4.78 is 45.1. The van der Waals surface area contributed by atoms with Crippen LogP contribution in [0.3, 0.4) is 0 Å². The van der Waals surface area contributed by atoms with Crippen LogP contribution in [-0.2, 0) is 10.9 Å². The highest BCUT2D eigenvalue weighted by atomic mass is 19.4. The molecule has 7 heteroatoms. The molecule has 31 heavy (non-hydrogen) atoms. The van der Waals surface area contributed by atoms with E-state index in [-0.39, 0.29) is 11.5 Å². The number of fused-ring (bicyclic) bond motifs is 2. The number of piperazine rings is 1. The number of aliphatic hydroxyl groups excluding tert-OH is 1. The Hall–Kier alpha value is -1.31. The van der Waals surface area contributed by atoms with Crippen molar-refractivity contribution in [3.8, 4) is 0 Å². The Kier molecular flexibility index (Phi) is 6.07. The largest absolute Gasteiger partial charge is 0.416 e. The Morgan fingerprint density at radius 2 is 1.87 bits per heavy atom. The predicted octanol–water partition coefficient (Wildman–Crippen LogP) is 4.42. The monoisotopic (exact) mass is 440 g/mol. The molecule has 1 aromatic rings. The Labute approximate surface area is 183 Å². The van der Waals surface area contributed by atoms with E-state index in [0.29, 0.717) is 56.4 Å². The van der Waals surface area contributed by atoms with Crippen molar-refractivity contribution >= 4 is 5.69 Å². The molecular weight excluding hydrogens is 405 g/mol. The van der Waals surface area contributed by atoms with Gasteiger partial charge in [0, 0.05) is 38.4 Å². The number of β-amino-alcohol motifs (C(OH)–C–C–N with tert-alkyl or cyclic N) is 1. The molecule has 0 spiro atoms. The van der Waals surface area contributed by atoms with Crippen molar-refractivity contribution in [3.63, 3.8) is 0 Å². The van der Waals surface area contributed by atoms with Gasteiger partial charge in [-0.2, -0.15) is 13.2 Å². The van der Waals surface area contributed by atoms with Crippen molar-refractivity contribution < 1.29 is 23.0 Å². The van der Waals surface area contributed by atoms with E-state index in [1.54, 1.807) is 6.07 Å². The molecule has 1 N–H and O–H groups in total. The molecule has 4 rings (SSSR count). The van der Waals surface area contributed by atoms with E-state index in [2.05, 4.69) is 25.7 Å². The molecule has 174 valence electrons. The lowest BCUT2D eigenvalue weighted by Gasteiger charge is -2.40. The molecule has 2 bridgehead atoms. The molecule has 1 saturated heterocycles. The number of anilines is 1. The number of hydrogen-bond donors (Lipinski definition) is 1. The van der Waals surface area contributed by atoms with E-state index >= 15 is 0 Å². The average molecular weight is 441 g/mol. The number of aliphatic hydroxyl groups is 1. The third-order valence-electron chi connectivity index (χ3n) is 8.58. The van der Waals surface area contributed by atoms with Crippen LogP contribution in [0, 0.1) is 16.7 Å². The first-order valence-electron chi connectivity index (χ1n) is 11.4. The number of halogens is 3. The maximum absolute atomic E-state index is 13.0. The Morgan fingerprint density at radius 3 is 2.45 bits per heavy atom. The van der Waals surface area contributed by atoms with Crippen LogP contribution in [-0.4, -0.2) is 61.5 Å². The number of hydrogen-bond acceptors (Lipinski definition) is 4. The van der Waals surface area contributed by atoms with Crippen LogP contribution >= 0.6 is 0 Å². The van der Waals surface area contributed by atoms with Gasteiger partial charge in [-0.3, -0.25) is 4.90 Å². The molecule has 0 unspecified atom stereocenters. The van der Waals surface area contributed by atoms with Crippen LogP contribution in [0.25, 0.3) is 0 Å². The molecule has 0 amide bonds. The Morgan fingerprint density at radius 1 is 1.16 bits per heavy atom. The van der Waals surface area contributed by atoms with E-state index in [0.717, 1.165) is 12.5 Å². The fourth-order valence-electron chi connectivity index (χ4n) is 6.03. The molecule has 3 fully saturated rings. The van der Waals surface area contributed by atoms with E-state index < -0.39 is 17.8 Å². The summed E-state index contributed by atoms with van der Waals surface area (Å²) in [5.41, 5.74) is 0.471. The molecule has 3 aliphatic rings. The lowest BCUT2D eigenvalue weighted by Crippen LogP contribution is -2.49. The van der Waals surface area contributed by atoms with Gasteiger partial charge in [-0.15, -0.1) is 0 Å². The second-order valence-electron chi connectivity index (χ2n) is 10.4. The second-order valence-corrected chi connectivity index (χ2v) is 10.4. The Bertz CT molecular complexity index is 776. The number of nitrogens with zero attached hydrogens (tertiary/aromatic N) is 2. The average Bonchev–Trinajstić information content (AvgIpc) is 3.06. The standard InChI is InChI=1S/C24H35F3N2O2/c1-22(2)17-7-8-23(22,3)21(14-17)31-16-20(30)15-28-9-11-29(12-10-28)19-6-4-5-18(13-19)24(25,26)27/h4-6,13,17,20-21,30H,7-12,14-16H2,1-3H3/t17-,20-,21-,23+/m1/s1. The quantitative estimate of drug-likeness (QED) is 0.711. The molecule has 0 aromatic heterocycles. The SMILES string of the molecule is CC1(C)[C@@H]2CC[C@@]1(C)[C@H](OC[C@H](O)CN1CCN(c3cccc(C(F)(F)F)c3)CC1)C2. The highest BCUT2D eigenvalue weighted by Gasteiger charge is 2.61. The van der Waals surface area contributed by atoms with Crippen LogP contribution < -0.4 is 4.90 Å². The summed E-state index contributed by atoms with van der Waals surface area (Å²) in [6.45, 7) is 10.6. The van der Waals surface area contributed by atoms with Crippen LogP contribution in [0.1, 0.15) is 45.6 Å². The summed E-state index contributed by atoms with van der Waals surface area (Å²) in [4.78, 5) is 4.15.